The van der Waals surface area contributed by atoms with Gasteiger partial charge in [-0.05, 0) is 12.1 Å². The maximum absolute atomic E-state index is 5.42. The van der Waals surface area contributed by atoms with E-state index in [1.807, 2.05) is 24.3 Å². The molecule has 13 heavy (non-hydrogen) atoms. The minimum Gasteiger partial charge on any atom is -0.493 e. The maximum atomic E-state index is 5.42. The standard InChI is InChI=1S/C10H11BrO2/c1-8(11)7-13-10-6-4-3-5-9(10)12-2/h3-6H,1,7H2,2H3. The Labute approximate surface area is 86.3 Å². The highest BCUT2D eigenvalue weighted by molar-refractivity contribution is 9.11. The molecule has 2 nitrogen and oxygen atoms in total. The van der Waals surface area contributed by atoms with Crippen LogP contribution in [0.15, 0.2) is 35.3 Å². The van der Waals surface area contributed by atoms with E-state index in [-0.39, 0.29) is 0 Å². The van der Waals surface area contributed by atoms with Crippen LogP contribution in [0.5, 0.6) is 11.5 Å². The number of halogens is 1. The van der Waals surface area contributed by atoms with Crippen LogP contribution < -0.4 is 9.47 Å². The number of methoxy groups -OCH3 is 1. The van der Waals surface area contributed by atoms with Crippen molar-refractivity contribution in [3.63, 3.8) is 0 Å². The Bertz CT molecular complexity index is 297. The van der Waals surface area contributed by atoms with Gasteiger partial charge in [0.15, 0.2) is 11.5 Å². The maximum Gasteiger partial charge on any atom is 0.161 e. The lowest BCUT2D eigenvalue weighted by Gasteiger charge is -2.08. The molecule has 0 spiro atoms. The van der Waals surface area contributed by atoms with Gasteiger partial charge >= 0.3 is 0 Å². The van der Waals surface area contributed by atoms with E-state index in [1.54, 1.807) is 7.11 Å². The molecule has 0 fully saturated rings. The molecule has 0 aliphatic carbocycles. The Hall–Kier alpha value is -0.960. The molecule has 0 atom stereocenters. The molecule has 3 heteroatoms. The van der Waals surface area contributed by atoms with Crippen LogP contribution in [0.3, 0.4) is 0 Å². The molecule has 0 aliphatic rings. The molecule has 70 valence electrons. The normalized spacial score (nSPS) is 9.38. The Morgan fingerprint density at radius 2 is 2.00 bits per heavy atom. The van der Waals surface area contributed by atoms with Gasteiger partial charge < -0.3 is 9.47 Å². The fourth-order valence-electron chi connectivity index (χ4n) is 0.894. The summed E-state index contributed by atoms with van der Waals surface area (Å²) in [6, 6.07) is 7.50. The number of rotatable bonds is 4. The summed E-state index contributed by atoms with van der Waals surface area (Å²) in [6.07, 6.45) is 0. The van der Waals surface area contributed by atoms with E-state index in [0.29, 0.717) is 6.61 Å². The predicted octanol–water partition coefficient (Wildman–Crippen LogP) is 2.98. The molecule has 0 bridgehead atoms. The minimum absolute atomic E-state index is 0.445. The highest BCUT2D eigenvalue weighted by Crippen LogP contribution is 2.26. The fraction of sp³-hybridized carbons (Fsp3) is 0.200. The van der Waals surface area contributed by atoms with Crippen LogP contribution in [-0.2, 0) is 0 Å². The van der Waals surface area contributed by atoms with E-state index in [2.05, 4.69) is 22.5 Å². The predicted molar refractivity (Wildman–Crippen MR) is 56.6 cm³/mol. The van der Waals surface area contributed by atoms with Crippen molar-refractivity contribution in [3.05, 3.63) is 35.3 Å². The van der Waals surface area contributed by atoms with Crippen LogP contribution >= 0.6 is 15.9 Å². The minimum atomic E-state index is 0.445. The number of para-hydroxylation sites is 2. The zero-order valence-electron chi connectivity index (χ0n) is 7.42. The van der Waals surface area contributed by atoms with E-state index < -0.39 is 0 Å². The summed E-state index contributed by atoms with van der Waals surface area (Å²) < 4.78 is 11.3. The van der Waals surface area contributed by atoms with Gasteiger partial charge in [0.1, 0.15) is 6.61 Å². The van der Waals surface area contributed by atoms with Gasteiger partial charge in [-0.3, -0.25) is 0 Å². The Balaban J connectivity index is 2.69. The van der Waals surface area contributed by atoms with Crippen molar-refractivity contribution in [1.29, 1.82) is 0 Å². The average molecular weight is 243 g/mol. The quantitative estimate of drug-likeness (QED) is 0.809. The van der Waals surface area contributed by atoms with Gasteiger partial charge in [0, 0.05) is 4.48 Å². The van der Waals surface area contributed by atoms with E-state index in [4.69, 9.17) is 9.47 Å². The van der Waals surface area contributed by atoms with Gasteiger partial charge in [0.2, 0.25) is 0 Å². The molecule has 1 aromatic carbocycles. The topological polar surface area (TPSA) is 18.5 Å². The van der Waals surface area contributed by atoms with Crippen LogP contribution in [0.25, 0.3) is 0 Å². The second-order valence-electron chi connectivity index (χ2n) is 2.46. The van der Waals surface area contributed by atoms with Crippen molar-refractivity contribution < 1.29 is 9.47 Å². The molecule has 0 aromatic heterocycles. The van der Waals surface area contributed by atoms with Crippen molar-refractivity contribution in [2.45, 2.75) is 0 Å². The van der Waals surface area contributed by atoms with Crippen molar-refractivity contribution in [2.75, 3.05) is 13.7 Å². The Morgan fingerprint density at radius 1 is 1.38 bits per heavy atom. The molecule has 0 radical (unpaired) electrons. The first-order valence-electron chi connectivity index (χ1n) is 3.83. The lowest BCUT2D eigenvalue weighted by molar-refractivity contribution is 0.325. The van der Waals surface area contributed by atoms with Crippen molar-refractivity contribution in [1.82, 2.24) is 0 Å². The van der Waals surface area contributed by atoms with E-state index in [1.165, 1.54) is 0 Å². The average Bonchev–Trinajstić information content (AvgIpc) is 2.15. The largest absolute Gasteiger partial charge is 0.493 e. The second-order valence-corrected chi connectivity index (χ2v) is 3.58. The van der Waals surface area contributed by atoms with Crippen LogP contribution in [-0.4, -0.2) is 13.7 Å². The van der Waals surface area contributed by atoms with Gasteiger partial charge in [-0.25, -0.2) is 0 Å². The zero-order valence-corrected chi connectivity index (χ0v) is 9.00. The third-order valence-electron chi connectivity index (χ3n) is 1.45. The lowest BCUT2D eigenvalue weighted by Crippen LogP contribution is -1.97. The van der Waals surface area contributed by atoms with Crippen molar-refractivity contribution in [2.24, 2.45) is 0 Å². The molecule has 0 aliphatic heterocycles. The molecule has 0 saturated carbocycles. The summed E-state index contributed by atoms with van der Waals surface area (Å²) in [5.41, 5.74) is 0. The Kier molecular flexibility index (Phi) is 3.83. The smallest absolute Gasteiger partial charge is 0.161 e. The molecule has 1 aromatic rings. The first-order chi connectivity index (χ1) is 6.24. The summed E-state index contributed by atoms with van der Waals surface area (Å²) in [5.74, 6) is 1.46. The zero-order chi connectivity index (χ0) is 9.68. The molecule has 0 amide bonds. The first kappa shape index (κ1) is 10.1. The highest BCUT2D eigenvalue weighted by atomic mass is 79.9. The monoisotopic (exact) mass is 242 g/mol. The molecule has 1 rings (SSSR count). The molecule has 0 unspecified atom stereocenters. The molecular formula is C10H11BrO2. The van der Waals surface area contributed by atoms with Crippen LogP contribution in [0.1, 0.15) is 0 Å². The molecule has 0 heterocycles. The Morgan fingerprint density at radius 3 is 2.54 bits per heavy atom. The van der Waals surface area contributed by atoms with E-state index in [0.717, 1.165) is 16.0 Å². The summed E-state index contributed by atoms with van der Waals surface area (Å²) in [4.78, 5) is 0. The lowest BCUT2D eigenvalue weighted by atomic mass is 10.3. The molecular weight excluding hydrogens is 232 g/mol. The van der Waals surface area contributed by atoms with Gasteiger partial charge in [-0.1, -0.05) is 34.6 Å². The third-order valence-corrected chi connectivity index (χ3v) is 1.68. The van der Waals surface area contributed by atoms with Crippen LogP contribution in [0.2, 0.25) is 0 Å². The fourth-order valence-corrected chi connectivity index (χ4v) is 1.01. The van der Waals surface area contributed by atoms with Crippen molar-refractivity contribution >= 4 is 15.9 Å². The summed E-state index contributed by atoms with van der Waals surface area (Å²) in [6.45, 7) is 4.12. The SMILES string of the molecule is C=C(Br)COc1ccccc1OC. The number of hydrogen-bond acceptors (Lipinski definition) is 2. The third kappa shape index (κ3) is 3.11. The van der Waals surface area contributed by atoms with Crippen molar-refractivity contribution in [3.8, 4) is 11.5 Å². The van der Waals surface area contributed by atoms with E-state index in [9.17, 15) is 0 Å². The molecule has 0 N–H and O–H groups in total. The summed E-state index contributed by atoms with van der Waals surface area (Å²) in [7, 11) is 1.62. The molecule has 0 saturated heterocycles. The van der Waals surface area contributed by atoms with E-state index >= 15 is 0 Å². The number of hydrogen-bond donors (Lipinski definition) is 0. The summed E-state index contributed by atoms with van der Waals surface area (Å²) >= 11 is 3.22. The van der Waals surface area contributed by atoms with Crippen LogP contribution in [0, 0.1) is 0 Å². The van der Waals surface area contributed by atoms with Gasteiger partial charge in [-0.15, -0.1) is 0 Å². The van der Waals surface area contributed by atoms with Crippen LogP contribution in [0.4, 0.5) is 0 Å². The van der Waals surface area contributed by atoms with Gasteiger partial charge in [-0.2, -0.15) is 0 Å². The number of ether oxygens (including phenoxy) is 2. The second kappa shape index (κ2) is 4.92. The first-order valence-corrected chi connectivity index (χ1v) is 4.62. The van der Waals surface area contributed by atoms with Gasteiger partial charge in [0.05, 0.1) is 7.11 Å². The number of benzene rings is 1. The van der Waals surface area contributed by atoms with Gasteiger partial charge in [0.25, 0.3) is 0 Å². The summed E-state index contributed by atoms with van der Waals surface area (Å²) in [5, 5.41) is 0. The highest BCUT2D eigenvalue weighted by Gasteiger charge is 2.01.